The van der Waals surface area contributed by atoms with Crippen LogP contribution < -0.4 is 4.90 Å². The Morgan fingerprint density at radius 3 is 2.00 bits per heavy atom. The molecule has 5 rings (SSSR count). The quantitative estimate of drug-likeness (QED) is 0.0840. The summed E-state index contributed by atoms with van der Waals surface area (Å²) in [7, 11) is -5.78. The van der Waals surface area contributed by atoms with E-state index < -0.39 is 91.7 Å². The van der Waals surface area contributed by atoms with Crippen molar-refractivity contribution in [2.24, 2.45) is 5.92 Å². The molecule has 0 spiro atoms. The molecule has 270 valence electrons. The molecule has 8 nitrogen and oxygen atoms in total. The van der Waals surface area contributed by atoms with Gasteiger partial charge in [0.15, 0.2) is 28.2 Å². The first-order chi connectivity index (χ1) is 24.0. The molecule has 1 amide bonds. The van der Waals surface area contributed by atoms with E-state index in [4.69, 9.17) is 0 Å². The molecule has 4 aromatic rings. The van der Waals surface area contributed by atoms with Crippen LogP contribution in [0.3, 0.4) is 0 Å². The van der Waals surface area contributed by atoms with E-state index in [-0.39, 0.29) is 28.4 Å². The van der Waals surface area contributed by atoms with Crippen molar-refractivity contribution in [3.8, 4) is 5.75 Å². The average Bonchev–Trinajstić information content (AvgIpc) is 3.91. The Morgan fingerprint density at radius 1 is 0.824 bits per heavy atom. The number of aromatic carboxylic acids is 1. The van der Waals surface area contributed by atoms with Gasteiger partial charge in [-0.15, -0.1) is 0 Å². The van der Waals surface area contributed by atoms with Crippen LogP contribution >= 0.6 is 0 Å². The maximum Gasteiger partial charge on any atom is 0.339 e. The number of anilines is 1. The van der Waals surface area contributed by atoms with Crippen molar-refractivity contribution in [1.82, 2.24) is 4.31 Å². The first kappa shape index (κ1) is 37.4. The summed E-state index contributed by atoms with van der Waals surface area (Å²) < 4.78 is 115. The summed E-state index contributed by atoms with van der Waals surface area (Å²) in [5, 5.41) is 19.9. The summed E-state index contributed by atoms with van der Waals surface area (Å²) in [6.45, 7) is 1.35. The van der Waals surface area contributed by atoms with Gasteiger partial charge in [-0.2, -0.15) is 4.31 Å². The van der Waals surface area contributed by atoms with Crippen molar-refractivity contribution < 1.29 is 54.6 Å². The highest BCUT2D eigenvalue weighted by Crippen LogP contribution is 2.41. The first-order valence-electron chi connectivity index (χ1n) is 15.7. The lowest BCUT2D eigenvalue weighted by molar-refractivity contribution is -0.119. The van der Waals surface area contributed by atoms with Gasteiger partial charge >= 0.3 is 5.97 Å². The number of carboxylic acids is 1. The molecule has 2 N–H and O–H groups in total. The predicted molar refractivity (Wildman–Crippen MR) is 173 cm³/mol. The van der Waals surface area contributed by atoms with Crippen LogP contribution in [0.4, 0.5) is 32.0 Å². The normalized spacial score (nSPS) is 13.2. The minimum absolute atomic E-state index is 0.0787. The van der Waals surface area contributed by atoms with Crippen LogP contribution in [0.1, 0.15) is 65.2 Å². The van der Waals surface area contributed by atoms with Gasteiger partial charge in [-0.25, -0.2) is 39.6 Å². The van der Waals surface area contributed by atoms with Gasteiger partial charge in [-0.05, 0) is 66.0 Å². The standard InChI is InChI=1S/C36H32F6N2O6S/c1-19(2)11-20-12-21(14-24(13-20)22-7-8-22)16-44(25-9-10-26(36(47)48)28(45)15-25)29(46)18-43(17-23-5-3-4-6-27(23)37)51(49,50)35-33(41)31(39)30(38)32(40)34(35)42/h3-6,9-10,12-15,19,22,45H,7-8,11,16-18H2,1-2H3,(H,47,48). The molecule has 51 heavy (non-hydrogen) atoms. The molecule has 1 saturated carbocycles. The number of hydrogen-bond acceptors (Lipinski definition) is 5. The largest absolute Gasteiger partial charge is 0.507 e. The lowest BCUT2D eigenvalue weighted by atomic mass is 9.96. The Labute approximate surface area is 289 Å². The molecular formula is C36H32F6N2O6S. The summed E-state index contributed by atoms with van der Waals surface area (Å²) in [5.74, 6) is -16.9. The molecule has 1 aliphatic rings. The van der Waals surface area contributed by atoms with Crippen molar-refractivity contribution >= 4 is 27.6 Å². The number of halogens is 6. The molecule has 0 radical (unpaired) electrons. The number of benzene rings is 4. The van der Waals surface area contributed by atoms with E-state index in [1.165, 1.54) is 18.2 Å². The van der Waals surface area contributed by atoms with Gasteiger partial charge in [-0.3, -0.25) is 4.79 Å². The zero-order valence-corrected chi connectivity index (χ0v) is 28.1. The zero-order valence-electron chi connectivity index (χ0n) is 27.3. The Hall–Kier alpha value is -4.89. The maximum absolute atomic E-state index is 14.9. The highest BCUT2D eigenvalue weighted by molar-refractivity contribution is 7.89. The summed E-state index contributed by atoms with van der Waals surface area (Å²) >= 11 is 0. The smallest absolute Gasteiger partial charge is 0.339 e. The van der Waals surface area contributed by atoms with Crippen molar-refractivity contribution in [3.05, 3.63) is 123 Å². The van der Waals surface area contributed by atoms with Gasteiger partial charge in [0.05, 0.1) is 13.1 Å². The van der Waals surface area contributed by atoms with Crippen LogP contribution in [0, 0.1) is 40.8 Å². The maximum atomic E-state index is 14.9. The van der Waals surface area contributed by atoms with Crippen LogP contribution in [0.15, 0.2) is 65.6 Å². The fraction of sp³-hybridized carbons (Fsp3) is 0.278. The first-order valence-corrected chi connectivity index (χ1v) is 17.2. The van der Waals surface area contributed by atoms with E-state index in [0.29, 0.717) is 12.0 Å². The summed E-state index contributed by atoms with van der Waals surface area (Å²) in [5.41, 5.74) is 1.46. The number of rotatable bonds is 13. The predicted octanol–water partition coefficient (Wildman–Crippen LogP) is 7.43. The minimum atomic E-state index is -5.78. The topological polar surface area (TPSA) is 115 Å². The van der Waals surface area contributed by atoms with Gasteiger partial charge in [-0.1, -0.05) is 50.2 Å². The number of carboxylic acid groups (broad SMARTS) is 1. The van der Waals surface area contributed by atoms with Crippen LogP contribution in [0.5, 0.6) is 5.75 Å². The van der Waals surface area contributed by atoms with E-state index in [0.717, 1.165) is 53.1 Å². The number of hydrogen-bond donors (Lipinski definition) is 2. The Balaban J connectivity index is 1.63. The second kappa shape index (κ2) is 14.8. The van der Waals surface area contributed by atoms with Gasteiger partial charge in [0, 0.05) is 23.9 Å². The number of carbonyl (C=O) groups excluding carboxylic acids is 1. The molecule has 0 aliphatic heterocycles. The number of sulfonamides is 1. The average molecular weight is 735 g/mol. The molecule has 0 heterocycles. The molecule has 0 saturated heterocycles. The number of aromatic hydroxyl groups is 1. The molecule has 1 fully saturated rings. The molecular weight excluding hydrogens is 702 g/mol. The van der Waals surface area contributed by atoms with Crippen LogP contribution in [0.2, 0.25) is 0 Å². The second-order valence-corrected chi connectivity index (χ2v) is 14.6. The summed E-state index contributed by atoms with van der Waals surface area (Å²) in [6.07, 6.45) is 2.56. The number of carbonyl (C=O) groups is 2. The monoisotopic (exact) mass is 734 g/mol. The lowest BCUT2D eigenvalue weighted by Gasteiger charge is -2.28. The van der Waals surface area contributed by atoms with Crippen molar-refractivity contribution in [2.75, 3.05) is 11.4 Å². The second-order valence-electron chi connectivity index (χ2n) is 12.7. The molecule has 15 heteroatoms. The third-order valence-corrected chi connectivity index (χ3v) is 10.1. The van der Waals surface area contributed by atoms with Crippen LogP contribution in [-0.2, 0) is 34.3 Å². The highest BCUT2D eigenvalue weighted by atomic mass is 32.2. The van der Waals surface area contributed by atoms with Gasteiger partial charge in [0.2, 0.25) is 21.7 Å². The fourth-order valence-electron chi connectivity index (χ4n) is 5.72. The van der Waals surface area contributed by atoms with E-state index in [9.17, 15) is 54.6 Å². The van der Waals surface area contributed by atoms with E-state index in [1.54, 1.807) is 0 Å². The Kier molecular flexibility index (Phi) is 10.8. The molecule has 0 bridgehead atoms. The highest BCUT2D eigenvalue weighted by Gasteiger charge is 2.39. The van der Waals surface area contributed by atoms with Crippen molar-refractivity contribution in [3.63, 3.8) is 0 Å². The molecule has 0 aromatic heterocycles. The third-order valence-electron chi connectivity index (χ3n) is 8.32. The Morgan fingerprint density at radius 2 is 1.43 bits per heavy atom. The number of amides is 1. The number of nitrogens with zero attached hydrogens (tertiary/aromatic N) is 2. The van der Waals surface area contributed by atoms with Gasteiger partial charge in [0.1, 0.15) is 17.1 Å². The molecule has 1 aliphatic carbocycles. The third kappa shape index (κ3) is 8.04. The Bertz CT molecular complexity index is 2090. The molecule has 0 atom stereocenters. The number of phenols is 1. The summed E-state index contributed by atoms with van der Waals surface area (Å²) in [4.78, 5) is 24.5. The minimum Gasteiger partial charge on any atom is -0.507 e. The van der Waals surface area contributed by atoms with Gasteiger partial charge in [0.25, 0.3) is 0 Å². The van der Waals surface area contributed by atoms with E-state index >= 15 is 0 Å². The zero-order chi connectivity index (χ0) is 37.4. The SMILES string of the molecule is CC(C)Cc1cc(CN(C(=O)CN(Cc2ccccc2F)S(=O)(=O)c2c(F)c(F)c(F)c(F)c2F)c2ccc(C(=O)O)c(O)c2)cc(C2CC2)c1. The van der Waals surface area contributed by atoms with Crippen molar-refractivity contribution in [2.45, 2.75) is 57.0 Å². The lowest BCUT2D eigenvalue weighted by Crippen LogP contribution is -2.43. The van der Waals surface area contributed by atoms with Gasteiger partial charge < -0.3 is 15.1 Å². The van der Waals surface area contributed by atoms with E-state index in [2.05, 4.69) is 0 Å². The summed E-state index contributed by atoms with van der Waals surface area (Å²) in [6, 6.07) is 13.4. The van der Waals surface area contributed by atoms with Crippen molar-refractivity contribution in [1.29, 1.82) is 0 Å². The van der Waals surface area contributed by atoms with E-state index in [1.807, 2.05) is 32.0 Å². The fourth-order valence-corrected chi connectivity index (χ4v) is 7.20. The van der Waals surface area contributed by atoms with Crippen LogP contribution in [0.25, 0.3) is 0 Å². The molecule has 4 aromatic carbocycles. The molecule has 0 unspecified atom stereocenters. The van der Waals surface area contributed by atoms with Crippen LogP contribution in [-0.4, -0.2) is 41.4 Å².